The molecule has 2 aromatic carbocycles. The van der Waals surface area contributed by atoms with E-state index in [1.54, 1.807) is 12.3 Å². The zero-order chi connectivity index (χ0) is 19.7. The number of nitrogens with one attached hydrogen (secondary N) is 1. The van der Waals surface area contributed by atoms with Gasteiger partial charge in [-0.1, -0.05) is 6.07 Å². The Bertz CT molecular complexity index is 965. The van der Waals surface area contributed by atoms with Crippen LogP contribution in [0.2, 0.25) is 0 Å². The number of pyridine rings is 1. The van der Waals surface area contributed by atoms with Crippen LogP contribution in [-0.2, 0) is 6.18 Å². The van der Waals surface area contributed by atoms with Gasteiger partial charge in [-0.25, -0.2) is 0 Å². The highest BCUT2D eigenvalue weighted by molar-refractivity contribution is 5.94. The molecule has 4 nitrogen and oxygen atoms in total. The summed E-state index contributed by atoms with van der Waals surface area (Å²) in [5.74, 6) is 0.209. The Morgan fingerprint density at radius 3 is 2.39 bits per heavy atom. The quantitative estimate of drug-likeness (QED) is 0.661. The van der Waals surface area contributed by atoms with Gasteiger partial charge in [0.15, 0.2) is 0 Å². The lowest BCUT2D eigenvalue weighted by molar-refractivity contribution is -0.137. The first kappa shape index (κ1) is 18.4. The normalized spacial score (nSPS) is 15.8. The molecule has 146 valence electrons. The summed E-state index contributed by atoms with van der Waals surface area (Å²) in [5, 5.41) is 14.6. The zero-order valence-corrected chi connectivity index (χ0v) is 15.1. The number of benzene rings is 2. The van der Waals surface area contributed by atoms with E-state index in [2.05, 4.69) is 15.2 Å². The Morgan fingerprint density at radius 1 is 1.00 bits per heavy atom. The summed E-state index contributed by atoms with van der Waals surface area (Å²) in [7, 11) is 0. The van der Waals surface area contributed by atoms with Crippen molar-refractivity contribution in [1.29, 1.82) is 0 Å². The molecule has 4 rings (SSSR count). The topological polar surface area (TPSA) is 48.4 Å². The minimum Gasteiger partial charge on any atom is -0.506 e. The monoisotopic (exact) mass is 387 g/mol. The standard InChI is InChI=1S/C21H20F3N3O/c22-21(23,24)15-4-6-16(7-5-15)26-17-9-12-27(13-10-17)20-18(28)8-3-14-2-1-11-25-19(14)20/h1-8,11,17,26,28H,9-10,12-13H2. The average Bonchev–Trinajstić information content (AvgIpc) is 2.68. The lowest BCUT2D eigenvalue weighted by Crippen LogP contribution is -2.39. The third-order valence-electron chi connectivity index (χ3n) is 5.12. The minimum atomic E-state index is -4.32. The molecule has 0 spiro atoms. The number of anilines is 2. The van der Waals surface area contributed by atoms with Crippen LogP contribution in [0.25, 0.3) is 10.9 Å². The van der Waals surface area contributed by atoms with E-state index in [1.165, 1.54) is 12.1 Å². The second-order valence-corrected chi connectivity index (χ2v) is 6.99. The van der Waals surface area contributed by atoms with Crippen LogP contribution in [0.15, 0.2) is 54.7 Å². The highest BCUT2D eigenvalue weighted by Gasteiger charge is 2.30. The van der Waals surface area contributed by atoms with E-state index in [-0.39, 0.29) is 11.8 Å². The van der Waals surface area contributed by atoms with Gasteiger partial charge >= 0.3 is 6.18 Å². The lowest BCUT2D eigenvalue weighted by Gasteiger charge is -2.35. The zero-order valence-electron chi connectivity index (χ0n) is 15.1. The van der Waals surface area contributed by atoms with Crippen molar-refractivity contribution in [3.63, 3.8) is 0 Å². The summed E-state index contributed by atoms with van der Waals surface area (Å²) in [4.78, 5) is 6.54. The fourth-order valence-corrected chi connectivity index (χ4v) is 3.67. The first-order valence-corrected chi connectivity index (χ1v) is 9.17. The fraction of sp³-hybridized carbons (Fsp3) is 0.286. The van der Waals surface area contributed by atoms with Gasteiger partial charge in [0.25, 0.3) is 0 Å². The van der Waals surface area contributed by atoms with Crippen LogP contribution >= 0.6 is 0 Å². The number of phenols is 1. The van der Waals surface area contributed by atoms with E-state index in [0.717, 1.165) is 54.7 Å². The van der Waals surface area contributed by atoms with Crippen molar-refractivity contribution in [1.82, 2.24) is 4.98 Å². The number of nitrogens with zero attached hydrogens (tertiary/aromatic N) is 2. The van der Waals surface area contributed by atoms with Gasteiger partial charge in [0.2, 0.25) is 0 Å². The first-order valence-electron chi connectivity index (χ1n) is 9.17. The van der Waals surface area contributed by atoms with Crippen LogP contribution in [0.3, 0.4) is 0 Å². The Labute approximate surface area is 160 Å². The molecule has 1 aliphatic heterocycles. The highest BCUT2D eigenvalue weighted by atomic mass is 19.4. The van der Waals surface area contributed by atoms with Crippen molar-refractivity contribution >= 4 is 22.3 Å². The van der Waals surface area contributed by atoms with Crippen LogP contribution in [0.4, 0.5) is 24.5 Å². The number of aromatic hydroxyl groups is 1. The van der Waals surface area contributed by atoms with Gasteiger partial charge in [-0.15, -0.1) is 0 Å². The second-order valence-electron chi connectivity index (χ2n) is 6.99. The van der Waals surface area contributed by atoms with Gasteiger partial charge < -0.3 is 15.3 Å². The van der Waals surface area contributed by atoms with Gasteiger partial charge in [0.05, 0.1) is 11.1 Å². The van der Waals surface area contributed by atoms with Crippen molar-refractivity contribution in [2.45, 2.75) is 25.1 Å². The fourth-order valence-electron chi connectivity index (χ4n) is 3.67. The van der Waals surface area contributed by atoms with E-state index in [1.807, 2.05) is 18.2 Å². The third-order valence-corrected chi connectivity index (χ3v) is 5.12. The molecule has 7 heteroatoms. The predicted molar refractivity (Wildman–Crippen MR) is 104 cm³/mol. The number of aromatic nitrogens is 1. The molecule has 0 bridgehead atoms. The molecular formula is C21H20F3N3O. The SMILES string of the molecule is Oc1ccc2cccnc2c1N1CCC(Nc2ccc(C(F)(F)F)cc2)CC1. The average molecular weight is 387 g/mol. The van der Waals surface area contributed by atoms with Crippen molar-refractivity contribution < 1.29 is 18.3 Å². The molecule has 3 aromatic rings. The second kappa shape index (κ2) is 7.22. The number of hydrogen-bond donors (Lipinski definition) is 2. The maximum absolute atomic E-state index is 12.7. The number of halogens is 3. The largest absolute Gasteiger partial charge is 0.506 e. The molecule has 2 N–H and O–H groups in total. The molecule has 1 fully saturated rings. The molecule has 0 amide bonds. The lowest BCUT2D eigenvalue weighted by atomic mass is 10.0. The van der Waals surface area contributed by atoms with Gasteiger partial charge in [0, 0.05) is 36.4 Å². The van der Waals surface area contributed by atoms with Gasteiger partial charge in [-0.3, -0.25) is 4.98 Å². The molecule has 0 atom stereocenters. The van der Waals surface area contributed by atoms with Crippen LogP contribution in [0.1, 0.15) is 18.4 Å². The number of piperidine rings is 1. The summed E-state index contributed by atoms with van der Waals surface area (Å²) in [5.41, 5.74) is 1.55. The van der Waals surface area contributed by atoms with Crippen LogP contribution in [0, 0.1) is 0 Å². The molecular weight excluding hydrogens is 367 g/mol. The van der Waals surface area contributed by atoms with Gasteiger partial charge in [-0.2, -0.15) is 13.2 Å². The number of phenolic OH excluding ortho intramolecular Hbond substituents is 1. The summed E-state index contributed by atoms with van der Waals surface area (Å²) < 4.78 is 38.0. The summed E-state index contributed by atoms with van der Waals surface area (Å²) in [6, 6.07) is 12.7. The van der Waals surface area contributed by atoms with Crippen LogP contribution in [0.5, 0.6) is 5.75 Å². The molecule has 0 unspecified atom stereocenters. The van der Waals surface area contributed by atoms with Crippen molar-refractivity contribution in [3.8, 4) is 5.75 Å². The minimum absolute atomic E-state index is 0.165. The maximum atomic E-state index is 12.7. The molecule has 0 saturated carbocycles. The number of fused-ring (bicyclic) bond motifs is 1. The smallest absolute Gasteiger partial charge is 0.416 e. The van der Waals surface area contributed by atoms with Crippen molar-refractivity contribution in [2.24, 2.45) is 0 Å². The predicted octanol–water partition coefficient (Wildman–Crippen LogP) is 5.04. The van der Waals surface area contributed by atoms with Crippen molar-refractivity contribution in [3.05, 3.63) is 60.3 Å². The summed E-state index contributed by atoms with van der Waals surface area (Å²) in [6.45, 7) is 1.45. The van der Waals surface area contributed by atoms with Crippen molar-refractivity contribution in [2.75, 3.05) is 23.3 Å². The summed E-state index contributed by atoms with van der Waals surface area (Å²) >= 11 is 0. The highest BCUT2D eigenvalue weighted by Crippen LogP contribution is 2.36. The van der Waals surface area contributed by atoms with E-state index >= 15 is 0 Å². The molecule has 0 radical (unpaired) electrons. The Balaban J connectivity index is 1.44. The van der Waals surface area contributed by atoms with E-state index < -0.39 is 11.7 Å². The third kappa shape index (κ3) is 3.69. The molecule has 2 heterocycles. The van der Waals surface area contributed by atoms with Crippen LogP contribution in [-0.4, -0.2) is 29.2 Å². The Kier molecular flexibility index (Phi) is 4.75. The number of alkyl halides is 3. The van der Waals surface area contributed by atoms with Gasteiger partial charge in [-0.05, 0) is 55.3 Å². The first-order chi connectivity index (χ1) is 13.4. The number of hydrogen-bond acceptors (Lipinski definition) is 4. The molecule has 1 aromatic heterocycles. The van der Waals surface area contributed by atoms with E-state index in [4.69, 9.17) is 0 Å². The maximum Gasteiger partial charge on any atom is 0.416 e. The van der Waals surface area contributed by atoms with Crippen LogP contribution < -0.4 is 10.2 Å². The van der Waals surface area contributed by atoms with E-state index in [9.17, 15) is 18.3 Å². The van der Waals surface area contributed by atoms with Gasteiger partial charge in [0.1, 0.15) is 11.4 Å². The molecule has 1 saturated heterocycles. The van der Waals surface area contributed by atoms with E-state index in [0.29, 0.717) is 5.69 Å². The number of rotatable bonds is 3. The Morgan fingerprint density at radius 2 is 1.71 bits per heavy atom. The molecule has 1 aliphatic rings. The molecule has 28 heavy (non-hydrogen) atoms. The Hall–Kier alpha value is -2.96. The molecule has 0 aliphatic carbocycles. The summed E-state index contributed by atoms with van der Waals surface area (Å²) in [6.07, 6.45) is -0.990.